The molecular formula is C14H20N4O. The van der Waals surface area contributed by atoms with Crippen molar-refractivity contribution in [2.75, 3.05) is 17.2 Å². The highest BCUT2D eigenvalue weighted by Crippen LogP contribution is 2.13. The second-order valence-electron chi connectivity index (χ2n) is 4.27. The molecule has 2 aromatic rings. The van der Waals surface area contributed by atoms with E-state index in [-0.39, 0.29) is 0 Å². The Hall–Kier alpha value is -2.04. The van der Waals surface area contributed by atoms with Gasteiger partial charge < -0.3 is 15.1 Å². The van der Waals surface area contributed by atoms with Crippen LogP contribution < -0.4 is 10.6 Å². The molecule has 0 saturated heterocycles. The van der Waals surface area contributed by atoms with Crippen LogP contribution in [0.2, 0.25) is 0 Å². The van der Waals surface area contributed by atoms with Gasteiger partial charge in [0.2, 0.25) is 0 Å². The van der Waals surface area contributed by atoms with Gasteiger partial charge in [-0.1, -0.05) is 13.8 Å². The summed E-state index contributed by atoms with van der Waals surface area (Å²) in [6.45, 7) is 5.72. The number of anilines is 2. The van der Waals surface area contributed by atoms with Crippen LogP contribution >= 0.6 is 0 Å². The molecule has 5 nitrogen and oxygen atoms in total. The molecule has 0 aliphatic heterocycles. The molecule has 0 fully saturated rings. The van der Waals surface area contributed by atoms with Crippen LogP contribution in [0.1, 0.15) is 31.9 Å². The van der Waals surface area contributed by atoms with Crippen molar-refractivity contribution < 1.29 is 4.42 Å². The first-order valence-electron chi connectivity index (χ1n) is 6.70. The average Bonchev–Trinajstić information content (AvgIpc) is 2.96. The number of aromatic nitrogens is 2. The molecule has 0 radical (unpaired) electrons. The van der Waals surface area contributed by atoms with Gasteiger partial charge in [0.25, 0.3) is 0 Å². The third-order valence-corrected chi connectivity index (χ3v) is 2.67. The number of hydrogen-bond acceptors (Lipinski definition) is 5. The van der Waals surface area contributed by atoms with E-state index < -0.39 is 0 Å². The largest absolute Gasteiger partial charge is 0.467 e. The van der Waals surface area contributed by atoms with E-state index in [0.29, 0.717) is 6.54 Å². The Morgan fingerprint density at radius 3 is 2.58 bits per heavy atom. The summed E-state index contributed by atoms with van der Waals surface area (Å²) in [5.74, 6) is 3.42. The van der Waals surface area contributed by atoms with Crippen LogP contribution in [0.5, 0.6) is 0 Å². The molecule has 0 bridgehead atoms. The molecule has 0 aliphatic rings. The number of furan rings is 1. The molecule has 5 heteroatoms. The first-order valence-corrected chi connectivity index (χ1v) is 6.70. The lowest BCUT2D eigenvalue weighted by Crippen LogP contribution is -2.08. The number of nitrogens with one attached hydrogen (secondary N) is 2. The van der Waals surface area contributed by atoms with Gasteiger partial charge in [-0.15, -0.1) is 0 Å². The monoisotopic (exact) mass is 260 g/mol. The summed E-state index contributed by atoms with van der Waals surface area (Å²) >= 11 is 0. The van der Waals surface area contributed by atoms with Gasteiger partial charge in [0.15, 0.2) is 0 Å². The molecule has 102 valence electrons. The van der Waals surface area contributed by atoms with Crippen LogP contribution in [0.4, 0.5) is 11.6 Å². The summed E-state index contributed by atoms with van der Waals surface area (Å²) in [4.78, 5) is 8.90. The van der Waals surface area contributed by atoms with Crippen LogP contribution in [-0.4, -0.2) is 16.5 Å². The van der Waals surface area contributed by atoms with E-state index in [4.69, 9.17) is 4.42 Å². The second-order valence-corrected chi connectivity index (χ2v) is 4.27. The number of hydrogen-bond donors (Lipinski definition) is 2. The fourth-order valence-corrected chi connectivity index (χ4v) is 1.68. The molecule has 0 unspecified atom stereocenters. The molecule has 2 heterocycles. The van der Waals surface area contributed by atoms with E-state index in [0.717, 1.165) is 42.6 Å². The summed E-state index contributed by atoms with van der Waals surface area (Å²) < 4.78 is 5.29. The van der Waals surface area contributed by atoms with Gasteiger partial charge in [0.1, 0.15) is 23.2 Å². The molecule has 19 heavy (non-hydrogen) atoms. The zero-order chi connectivity index (χ0) is 13.5. The van der Waals surface area contributed by atoms with E-state index in [1.165, 1.54) is 0 Å². The molecule has 0 amide bonds. The zero-order valence-corrected chi connectivity index (χ0v) is 11.4. The zero-order valence-electron chi connectivity index (χ0n) is 11.4. The van der Waals surface area contributed by atoms with Gasteiger partial charge in [-0.05, 0) is 18.6 Å². The van der Waals surface area contributed by atoms with Gasteiger partial charge in [0, 0.05) is 19.0 Å². The minimum Gasteiger partial charge on any atom is -0.467 e. The summed E-state index contributed by atoms with van der Waals surface area (Å²) in [5.41, 5.74) is 0. The molecule has 0 aliphatic carbocycles. The number of nitrogens with zero attached hydrogens (tertiary/aromatic N) is 2. The van der Waals surface area contributed by atoms with Gasteiger partial charge in [0.05, 0.1) is 12.8 Å². The third-order valence-electron chi connectivity index (χ3n) is 2.67. The predicted octanol–water partition coefficient (Wildman–Crippen LogP) is 3.07. The molecule has 0 spiro atoms. The molecular weight excluding hydrogens is 240 g/mol. The maximum absolute atomic E-state index is 5.29. The Labute approximate surface area is 113 Å². The van der Waals surface area contributed by atoms with Gasteiger partial charge in [-0.2, -0.15) is 0 Å². The van der Waals surface area contributed by atoms with Crippen LogP contribution in [-0.2, 0) is 13.0 Å². The Bertz CT molecular complexity index is 496. The van der Waals surface area contributed by atoms with Crippen LogP contribution in [0.25, 0.3) is 0 Å². The number of rotatable bonds is 7. The van der Waals surface area contributed by atoms with Crippen LogP contribution in [0.15, 0.2) is 28.9 Å². The van der Waals surface area contributed by atoms with Crippen molar-refractivity contribution in [3.05, 3.63) is 36.0 Å². The molecule has 0 aromatic carbocycles. The smallest absolute Gasteiger partial charge is 0.132 e. The standard InChI is InChI=1S/C14H20N4O/c1-3-7-15-13-9-14(18-12(4-2)17-13)16-10-11-6-5-8-19-11/h5-6,8-9H,3-4,7,10H2,1-2H3,(H2,15,16,17,18). The second kappa shape index (κ2) is 6.78. The van der Waals surface area contributed by atoms with E-state index in [1.807, 2.05) is 18.2 Å². The molecule has 2 aromatic heterocycles. The maximum Gasteiger partial charge on any atom is 0.132 e. The van der Waals surface area contributed by atoms with Gasteiger partial charge >= 0.3 is 0 Å². The van der Waals surface area contributed by atoms with Crippen molar-refractivity contribution in [1.29, 1.82) is 0 Å². The Morgan fingerprint density at radius 1 is 1.16 bits per heavy atom. The van der Waals surface area contributed by atoms with E-state index in [9.17, 15) is 0 Å². The summed E-state index contributed by atoms with van der Waals surface area (Å²) in [6.07, 6.45) is 3.56. The molecule has 0 atom stereocenters. The van der Waals surface area contributed by atoms with Crippen molar-refractivity contribution in [2.24, 2.45) is 0 Å². The van der Waals surface area contributed by atoms with Gasteiger partial charge in [-0.3, -0.25) is 0 Å². The van der Waals surface area contributed by atoms with E-state index in [2.05, 4.69) is 34.4 Å². The summed E-state index contributed by atoms with van der Waals surface area (Å²) in [7, 11) is 0. The normalized spacial score (nSPS) is 10.4. The van der Waals surface area contributed by atoms with E-state index in [1.54, 1.807) is 6.26 Å². The quantitative estimate of drug-likeness (QED) is 0.801. The third kappa shape index (κ3) is 3.98. The first-order chi connectivity index (χ1) is 9.31. The summed E-state index contributed by atoms with van der Waals surface area (Å²) in [5, 5.41) is 6.54. The fraction of sp³-hybridized carbons (Fsp3) is 0.429. The first kappa shape index (κ1) is 13.4. The highest BCUT2D eigenvalue weighted by molar-refractivity contribution is 5.47. The minimum absolute atomic E-state index is 0.625. The van der Waals surface area contributed by atoms with Crippen molar-refractivity contribution in [1.82, 2.24) is 9.97 Å². The predicted molar refractivity (Wildman–Crippen MR) is 76.2 cm³/mol. The van der Waals surface area contributed by atoms with Crippen LogP contribution in [0.3, 0.4) is 0 Å². The molecule has 2 rings (SSSR count). The minimum atomic E-state index is 0.625. The lowest BCUT2D eigenvalue weighted by atomic mass is 10.4. The Balaban J connectivity index is 2.05. The SMILES string of the molecule is CCCNc1cc(NCc2ccco2)nc(CC)n1. The van der Waals surface area contributed by atoms with Crippen molar-refractivity contribution in [3.8, 4) is 0 Å². The lowest BCUT2D eigenvalue weighted by Gasteiger charge is -2.09. The maximum atomic E-state index is 5.29. The highest BCUT2D eigenvalue weighted by atomic mass is 16.3. The average molecular weight is 260 g/mol. The van der Waals surface area contributed by atoms with Gasteiger partial charge in [-0.25, -0.2) is 9.97 Å². The topological polar surface area (TPSA) is 63.0 Å². The summed E-state index contributed by atoms with van der Waals surface area (Å²) in [6, 6.07) is 5.74. The van der Waals surface area contributed by atoms with Crippen molar-refractivity contribution in [3.63, 3.8) is 0 Å². The molecule has 0 saturated carbocycles. The van der Waals surface area contributed by atoms with E-state index >= 15 is 0 Å². The van der Waals surface area contributed by atoms with Crippen molar-refractivity contribution >= 4 is 11.6 Å². The van der Waals surface area contributed by atoms with Crippen molar-refractivity contribution in [2.45, 2.75) is 33.2 Å². The number of aryl methyl sites for hydroxylation is 1. The Kier molecular flexibility index (Phi) is 4.78. The molecule has 2 N–H and O–H groups in total. The van der Waals surface area contributed by atoms with Crippen LogP contribution in [0, 0.1) is 0 Å². The highest BCUT2D eigenvalue weighted by Gasteiger charge is 2.04. The lowest BCUT2D eigenvalue weighted by molar-refractivity contribution is 0.517. The Morgan fingerprint density at radius 2 is 1.95 bits per heavy atom. The fourth-order valence-electron chi connectivity index (χ4n) is 1.68.